The summed E-state index contributed by atoms with van der Waals surface area (Å²) in [6, 6.07) is 14.4. The summed E-state index contributed by atoms with van der Waals surface area (Å²) in [5.41, 5.74) is 5.79. The van der Waals surface area contributed by atoms with Crippen molar-refractivity contribution in [3.63, 3.8) is 0 Å². The third-order valence-corrected chi connectivity index (χ3v) is 3.49. The Bertz CT molecular complexity index is 802. The molecule has 2 aromatic carbocycles. The summed E-state index contributed by atoms with van der Waals surface area (Å²) in [6.45, 7) is 4.90. The van der Waals surface area contributed by atoms with Gasteiger partial charge in [0.2, 0.25) is 0 Å². The molecule has 0 atom stereocenters. The van der Waals surface area contributed by atoms with Gasteiger partial charge in [-0.15, -0.1) is 0 Å². The number of aryl methyl sites for hydroxylation is 2. The van der Waals surface area contributed by atoms with E-state index in [1.165, 1.54) is 11.1 Å². The summed E-state index contributed by atoms with van der Waals surface area (Å²) in [4.78, 5) is 4.44. The molecule has 0 spiro atoms. The maximum atomic E-state index is 4.44. The molecule has 2 nitrogen and oxygen atoms in total. The summed E-state index contributed by atoms with van der Waals surface area (Å²) in [5.74, 6) is 6.38. The molecule has 0 aliphatic heterocycles. The van der Waals surface area contributed by atoms with E-state index in [1.807, 2.05) is 36.7 Å². The lowest BCUT2D eigenvalue weighted by Gasteiger charge is -2.02. The average molecular weight is 260 g/mol. The Morgan fingerprint density at radius 1 is 1.05 bits per heavy atom. The quantitative estimate of drug-likeness (QED) is 0.610. The number of aromatic nitrogens is 2. The second-order valence-corrected chi connectivity index (χ2v) is 4.97. The van der Waals surface area contributed by atoms with E-state index in [9.17, 15) is 0 Å². The molecular weight excluding hydrogens is 244 g/mol. The molecule has 1 heterocycles. The Kier molecular flexibility index (Phi) is 3.26. The Labute approximate surface area is 119 Å². The highest BCUT2D eigenvalue weighted by Gasteiger charge is 2.03. The molecule has 98 valence electrons. The number of benzene rings is 2. The van der Waals surface area contributed by atoms with Crippen molar-refractivity contribution in [1.82, 2.24) is 9.55 Å². The molecule has 3 aromatic rings. The smallest absolute Gasteiger partial charge is 0.0966 e. The van der Waals surface area contributed by atoms with Crippen LogP contribution in [0.15, 0.2) is 48.8 Å². The molecule has 3 rings (SSSR count). The predicted octanol–water partition coefficient (Wildman–Crippen LogP) is 3.70. The van der Waals surface area contributed by atoms with Crippen molar-refractivity contribution in [1.29, 1.82) is 0 Å². The van der Waals surface area contributed by atoms with Crippen LogP contribution in [0.5, 0.6) is 0 Å². The second kappa shape index (κ2) is 5.22. The van der Waals surface area contributed by atoms with Gasteiger partial charge in [0.05, 0.1) is 23.9 Å². The fraction of sp³-hybridized carbons (Fsp3) is 0.167. The van der Waals surface area contributed by atoms with Gasteiger partial charge in [0, 0.05) is 5.56 Å². The molecule has 0 bridgehead atoms. The fourth-order valence-corrected chi connectivity index (χ4v) is 2.19. The minimum absolute atomic E-state index is 0.661. The molecule has 0 aliphatic carbocycles. The topological polar surface area (TPSA) is 17.8 Å². The van der Waals surface area contributed by atoms with E-state index in [0.29, 0.717) is 6.54 Å². The number of rotatable bonds is 1. The number of hydrogen-bond donors (Lipinski definition) is 0. The van der Waals surface area contributed by atoms with Gasteiger partial charge in [0.15, 0.2) is 0 Å². The lowest BCUT2D eigenvalue weighted by Crippen LogP contribution is -1.94. The first-order valence-electron chi connectivity index (χ1n) is 6.70. The summed E-state index contributed by atoms with van der Waals surface area (Å²) in [6.07, 6.45) is 1.86. The Hall–Kier alpha value is -2.53. The molecule has 0 N–H and O–H groups in total. The van der Waals surface area contributed by atoms with Crippen molar-refractivity contribution in [2.75, 3.05) is 0 Å². The summed E-state index contributed by atoms with van der Waals surface area (Å²) < 4.78 is 2.09. The molecule has 0 aliphatic rings. The first-order chi connectivity index (χ1) is 9.74. The molecule has 0 saturated heterocycles. The maximum Gasteiger partial charge on any atom is 0.0966 e. The van der Waals surface area contributed by atoms with Crippen LogP contribution in [0.1, 0.15) is 16.7 Å². The van der Waals surface area contributed by atoms with Crippen molar-refractivity contribution >= 4 is 11.0 Å². The van der Waals surface area contributed by atoms with Crippen LogP contribution in [0.25, 0.3) is 11.0 Å². The lowest BCUT2D eigenvalue weighted by molar-refractivity contribution is 0.869. The van der Waals surface area contributed by atoms with Gasteiger partial charge in [-0.05, 0) is 49.2 Å². The van der Waals surface area contributed by atoms with Crippen LogP contribution in [0.2, 0.25) is 0 Å². The van der Waals surface area contributed by atoms with Gasteiger partial charge in [-0.3, -0.25) is 0 Å². The summed E-state index contributed by atoms with van der Waals surface area (Å²) >= 11 is 0. The van der Waals surface area contributed by atoms with Gasteiger partial charge in [-0.1, -0.05) is 30.0 Å². The zero-order valence-corrected chi connectivity index (χ0v) is 11.7. The third-order valence-electron chi connectivity index (χ3n) is 3.49. The van der Waals surface area contributed by atoms with Crippen molar-refractivity contribution in [2.45, 2.75) is 20.4 Å². The molecule has 0 saturated carbocycles. The lowest BCUT2D eigenvalue weighted by atomic mass is 10.1. The third kappa shape index (κ3) is 2.44. The minimum Gasteiger partial charge on any atom is -0.319 e. The van der Waals surface area contributed by atoms with Crippen molar-refractivity contribution < 1.29 is 0 Å². The molecule has 0 unspecified atom stereocenters. The van der Waals surface area contributed by atoms with E-state index in [2.05, 4.69) is 47.4 Å². The van der Waals surface area contributed by atoms with E-state index >= 15 is 0 Å². The van der Waals surface area contributed by atoms with Crippen LogP contribution < -0.4 is 0 Å². The molecule has 1 aromatic heterocycles. The average Bonchev–Trinajstić information content (AvgIpc) is 2.83. The van der Waals surface area contributed by atoms with Crippen LogP contribution >= 0.6 is 0 Å². The Morgan fingerprint density at radius 2 is 1.80 bits per heavy atom. The van der Waals surface area contributed by atoms with Gasteiger partial charge in [-0.25, -0.2) is 4.98 Å². The summed E-state index contributed by atoms with van der Waals surface area (Å²) in [5, 5.41) is 0. The highest BCUT2D eigenvalue weighted by molar-refractivity contribution is 5.77. The van der Waals surface area contributed by atoms with Crippen LogP contribution in [-0.2, 0) is 6.54 Å². The number of imidazole rings is 1. The molecule has 20 heavy (non-hydrogen) atoms. The molecule has 2 heteroatoms. The van der Waals surface area contributed by atoms with Gasteiger partial charge >= 0.3 is 0 Å². The van der Waals surface area contributed by atoms with Gasteiger partial charge < -0.3 is 4.57 Å². The van der Waals surface area contributed by atoms with Gasteiger partial charge in [0.1, 0.15) is 0 Å². The Morgan fingerprint density at radius 3 is 2.60 bits per heavy atom. The van der Waals surface area contributed by atoms with E-state index in [1.54, 1.807) is 0 Å². The highest BCUT2D eigenvalue weighted by Crippen LogP contribution is 2.18. The molecular formula is C18H16N2. The van der Waals surface area contributed by atoms with E-state index in [0.717, 1.165) is 16.6 Å². The number of hydrogen-bond acceptors (Lipinski definition) is 1. The van der Waals surface area contributed by atoms with Crippen molar-refractivity contribution in [3.8, 4) is 11.8 Å². The maximum absolute atomic E-state index is 4.44. The molecule has 0 amide bonds. The predicted molar refractivity (Wildman–Crippen MR) is 82.5 cm³/mol. The zero-order chi connectivity index (χ0) is 13.9. The largest absolute Gasteiger partial charge is 0.319 e. The molecule has 0 fully saturated rings. The first kappa shape index (κ1) is 12.5. The summed E-state index contributed by atoms with van der Waals surface area (Å²) in [7, 11) is 0. The second-order valence-electron chi connectivity index (χ2n) is 4.97. The van der Waals surface area contributed by atoms with E-state index < -0.39 is 0 Å². The van der Waals surface area contributed by atoms with E-state index in [4.69, 9.17) is 0 Å². The van der Waals surface area contributed by atoms with Crippen LogP contribution in [-0.4, -0.2) is 9.55 Å². The van der Waals surface area contributed by atoms with Gasteiger partial charge in [-0.2, -0.15) is 0 Å². The van der Waals surface area contributed by atoms with Crippen LogP contribution in [0, 0.1) is 25.7 Å². The minimum atomic E-state index is 0.661. The standard InChI is InChI=1S/C18H16N2/c1-14-11-17-18(12-15(14)2)20(13-19-17)10-6-9-16-7-4-3-5-8-16/h3-5,7-8,11-13H,10H2,1-2H3. The van der Waals surface area contributed by atoms with Crippen LogP contribution in [0.3, 0.4) is 0 Å². The van der Waals surface area contributed by atoms with Crippen molar-refractivity contribution in [3.05, 3.63) is 65.5 Å². The van der Waals surface area contributed by atoms with Gasteiger partial charge in [0.25, 0.3) is 0 Å². The number of fused-ring (bicyclic) bond motifs is 1. The fourth-order valence-electron chi connectivity index (χ4n) is 2.19. The van der Waals surface area contributed by atoms with Crippen LogP contribution in [0.4, 0.5) is 0 Å². The SMILES string of the molecule is Cc1cc2ncn(CC#Cc3ccccc3)c2cc1C. The Balaban J connectivity index is 1.89. The molecule has 0 radical (unpaired) electrons. The number of nitrogens with zero attached hydrogens (tertiary/aromatic N) is 2. The van der Waals surface area contributed by atoms with E-state index in [-0.39, 0.29) is 0 Å². The van der Waals surface area contributed by atoms with Crippen molar-refractivity contribution in [2.24, 2.45) is 0 Å². The zero-order valence-electron chi connectivity index (χ0n) is 11.7. The highest BCUT2D eigenvalue weighted by atomic mass is 15.0. The monoisotopic (exact) mass is 260 g/mol. The first-order valence-corrected chi connectivity index (χ1v) is 6.70. The normalized spacial score (nSPS) is 10.3.